The predicted octanol–water partition coefficient (Wildman–Crippen LogP) is 6.07. The minimum atomic E-state index is -1.04. The van der Waals surface area contributed by atoms with E-state index in [0.29, 0.717) is 96.6 Å². The number of anilines is 1. The number of imidazole rings is 1. The van der Waals surface area contributed by atoms with Gasteiger partial charge in [-0.25, -0.2) is 18.4 Å². The predicted molar refractivity (Wildman–Crippen MR) is 224 cm³/mol. The summed E-state index contributed by atoms with van der Waals surface area (Å²) in [7, 11) is 1.82. The van der Waals surface area contributed by atoms with E-state index in [2.05, 4.69) is 51.7 Å². The largest absolute Gasteiger partial charge is 0.477 e. The van der Waals surface area contributed by atoms with Crippen LogP contribution in [-0.4, -0.2) is 85.1 Å². The Morgan fingerprint density at radius 3 is 2.56 bits per heavy atom. The first kappa shape index (κ1) is 41.7. The zero-order valence-electron chi connectivity index (χ0n) is 35.1. The van der Waals surface area contributed by atoms with E-state index in [9.17, 15) is 19.2 Å². The van der Waals surface area contributed by atoms with Gasteiger partial charge in [-0.2, -0.15) is 5.10 Å². The maximum absolute atomic E-state index is 15.2. The average molecular weight is 836 g/mol. The summed E-state index contributed by atoms with van der Waals surface area (Å²) in [6, 6.07) is 11.3. The molecular weight excluding hydrogens is 785 g/mol. The number of ether oxygens (including phenoxy) is 1. The molecule has 5 aromatic rings. The number of rotatable bonds is 6. The number of imide groups is 1. The molecule has 320 valence electrons. The lowest BCUT2D eigenvalue weighted by Gasteiger charge is -2.44. The van der Waals surface area contributed by atoms with Crippen LogP contribution in [-0.2, 0) is 29.6 Å². The highest BCUT2D eigenvalue weighted by molar-refractivity contribution is 6.05. The van der Waals surface area contributed by atoms with Gasteiger partial charge in [-0.1, -0.05) is 20.8 Å². The molecular formula is C45H51F2N9O5. The van der Waals surface area contributed by atoms with E-state index in [0.717, 1.165) is 18.4 Å². The van der Waals surface area contributed by atoms with Crippen LogP contribution in [0.3, 0.4) is 0 Å². The summed E-state index contributed by atoms with van der Waals surface area (Å²) in [6.45, 7) is 11.1. The van der Waals surface area contributed by atoms with Crippen LogP contribution in [0, 0.1) is 29.9 Å². The van der Waals surface area contributed by atoms with Crippen molar-refractivity contribution < 1.29 is 32.7 Å². The number of nitrogens with zero attached hydrogens (tertiary/aromatic N) is 6. The third-order valence-electron chi connectivity index (χ3n) is 12.2. The van der Waals surface area contributed by atoms with Gasteiger partial charge in [0, 0.05) is 68.1 Å². The average Bonchev–Trinajstić information content (AvgIpc) is 3.74. The van der Waals surface area contributed by atoms with Gasteiger partial charge in [-0.05, 0) is 98.4 Å². The quantitative estimate of drug-likeness (QED) is 0.172. The molecule has 2 aromatic carbocycles. The fourth-order valence-electron chi connectivity index (χ4n) is 8.97. The highest BCUT2D eigenvalue weighted by atomic mass is 19.1. The van der Waals surface area contributed by atoms with Crippen molar-refractivity contribution in [1.82, 2.24) is 39.8 Å². The lowest BCUT2D eigenvalue weighted by Crippen LogP contribution is -2.55. The van der Waals surface area contributed by atoms with Crippen LogP contribution >= 0.6 is 0 Å². The second-order valence-electron chi connectivity index (χ2n) is 17.5. The van der Waals surface area contributed by atoms with Gasteiger partial charge in [-0.15, -0.1) is 0 Å². The molecule has 6 heterocycles. The van der Waals surface area contributed by atoms with E-state index in [1.54, 1.807) is 29.1 Å². The molecule has 16 heteroatoms. The molecule has 0 saturated carbocycles. The number of halogens is 2. The molecule has 3 atom stereocenters. The number of amides is 4. The Bertz CT molecular complexity index is 2530. The zero-order chi connectivity index (χ0) is 43.2. The van der Waals surface area contributed by atoms with E-state index in [4.69, 9.17) is 9.72 Å². The van der Waals surface area contributed by atoms with Crippen molar-refractivity contribution in [2.24, 2.45) is 18.4 Å². The maximum atomic E-state index is 15.2. The number of aryl methyl sites for hydroxylation is 2. The Kier molecular flexibility index (Phi) is 11.5. The topological polar surface area (TPSA) is 165 Å². The normalized spacial score (nSPS) is 21.0. The van der Waals surface area contributed by atoms with E-state index >= 15 is 8.78 Å². The first-order chi connectivity index (χ1) is 29.1. The van der Waals surface area contributed by atoms with Crippen LogP contribution in [0.25, 0.3) is 22.3 Å². The van der Waals surface area contributed by atoms with Crippen molar-refractivity contribution in [3.05, 3.63) is 88.2 Å². The van der Waals surface area contributed by atoms with Crippen molar-refractivity contribution in [2.75, 3.05) is 31.6 Å². The molecule has 14 nitrogen and oxygen atoms in total. The van der Waals surface area contributed by atoms with Gasteiger partial charge in [0.25, 0.3) is 11.8 Å². The van der Waals surface area contributed by atoms with E-state index in [1.807, 2.05) is 30.7 Å². The SMILES string of the molecule is Cc1cc2cc(n1)-c1cnn(C)c1OCCC[C@@H](C)Cn1c(nc3ccc(C(=O)N[C@H]4CCN(CCc5cc(F)c([C@H]6CCC(=O)NC6=O)c(F)c5)CC4(C)C)cc31)NC2=O. The Morgan fingerprint density at radius 2 is 1.80 bits per heavy atom. The molecule has 8 rings (SSSR count). The lowest BCUT2D eigenvalue weighted by molar-refractivity contribution is -0.134. The van der Waals surface area contributed by atoms with Gasteiger partial charge >= 0.3 is 0 Å². The Labute approximate surface area is 352 Å². The van der Waals surface area contributed by atoms with Crippen LogP contribution in [0.1, 0.15) is 96.3 Å². The molecule has 0 spiro atoms. The number of likely N-dealkylation sites (tertiary alicyclic amines) is 1. The van der Waals surface area contributed by atoms with Crippen molar-refractivity contribution in [3.8, 4) is 17.1 Å². The number of carbonyl (C=O) groups is 4. The summed E-state index contributed by atoms with van der Waals surface area (Å²) in [4.78, 5) is 63.4. The number of fused-ring (bicyclic) bond motifs is 7. The molecule has 2 saturated heterocycles. The van der Waals surface area contributed by atoms with Crippen LogP contribution < -0.4 is 20.7 Å². The summed E-state index contributed by atoms with van der Waals surface area (Å²) < 4.78 is 40.2. The molecule has 0 radical (unpaired) electrons. The van der Waals surface area contributed by atoms with Crippen LogP contribution in [0.15, 0.2) is 48.7 Å². The summed E-state index contributed by atoms with van der Waals surface area (Å²) in [5.74, 6) is -3.13. The van der Waals surface area contributed by atoms with Crippen LogP contribution in [0.5, 0.6) is 5.88 Å². The molecule has 3 N–H and O–H groups in total. The molecule has 4 amide bonds. The van der Waals surface area contributed by atoms with Crippen LogP contribution in [0.2, 0.25) is 0 Å². The van der Waals surface area contributed by atoms with Crippen molar-refractivity contribution in [3.63, 3.8) is 0 Å². The van der Waals surface area contributed by atoms with Gasteiger partial charge in [-0.3, -0.25) is 34.8 Å². The number of piperidine rings is 2. The summed E-state index contributed by atoms with van der Waals surface area (Å²) in [5, 5.41) is 12.9. The lowest BCUT2D eigenvalue weighted by atomic mass is 9.78. The third-order valence-corrected chi connectivity index (χ3v) is 12.2. The van der Waals surface area contributed by atoms with Gasteiger partial charge in [0.05, 0.1) is 41.0 Å². The molecule has 2 fully saturated rings. The van der Waals surface area contributed by atoms with Gasteiger partial charge in [0.15, 0.2) is 0 Å². The van der Waals surface area contributed by atoms with E-state index in [-0.39, 0.29) is 47.6 Å². The molecule has 3 aromatic heterocycles. The van der Waals surface area contributed by atoms with Gasteiger partial charge in [0.2, 0.25) is 23.6 Å². The number of pyridine rings is 1. The molecule has 0 unspecified atom stereocenters. The minimum absolute atomic E-state index is 0.0336. The second-order valence-corrected chi connectivity index (χ2v) is 17.5. The molecule has 61 heavy (non-hydrogen) atoms. The Balaban J connectivity index is 0.955. The fraction of sp³-hybridized carbons (Fsp3) is 0.444. The molecule has 3 aliphatic rings. The number of aromatic nitrogens is 5. The summed E-state index contributed by atoms with van der Waals surface area (Å²) in [6.07, 6.45) is 4.49. The van der Waals surface area contributed by atoms with Crippen molar-refractivity contribution in [1.29, 1.82) is 0 Å². The highest BCUT2D eigenvalue weighted by Gasteiger charge is 2.37. The number of benzene rings is 2. The molecule has 3 aliphatic heterocycles. The Hall–Kier alpha value is -6.03. The third kappa shape index (κ3) is 8.76. The fourth-order valence-corrected chi connectivity index (χ4v) is 8.97. The first-order valence-corrected chi connectivity index (χ1v) is 20.9. The van der Waals surface area contributed by atoms with Crippen LogP contribution in [0.4, 0.5) is 14.7 Å². The monoisotopic (exact) mass is 835 g/mol. The zero-order valence-corrected chi connectivity index (χ0v) is 35.1. The molecule has 0 aliphatic carbocycles. The van der Waals surface area contributed by atoms with E-state index in [1.165, 1.54) is 12.1 Å². The first-order valence-electron chi connectivity index (χ1n) is 20.9. The standard InChI is InChI=1S/C45H51F2N9O5/c1-25-7-6-16-61-43-31(22-48-54(43)5)35-20-29(17-26(2)49-35)41(59)53-44-50-34-10-8-28(21-36(34)56(44)23-25)40(58)51-37-13-15-55(24-45(37,3)4)14-12-27-18-32(46)39(33(47)19-27)30-9-11-38(57)52-42(30)60/h8,10,17-22,25,30,37H,6-7,9,11-16,23-24H2,1-5H3,(H,51,58)(H,50,53,59)(H,52,57,60)/t25-,30-,37+/m1/s1. The van der Waals surface area contributed by atoms with Crippen molar-refractivity contribution >= 4 is 40.6 Å². The van der Waals surface area contributed by atoms with Gasteiger partial charge in [0.1, 0.15) is 11.6 Å². The minimum Gasteiger partial charge on any atom is -0.477 e. The number of carbonyl (C=O) groups excluding carboxylic acids is 4. The van der Waals surface area contributed by atoms with E-state index < -0.39 is 29.4 Å². The molecule has 2 bridgehead atoms. The number of hydrogen-bond donors (Lipinski definition) is 3. The van der Waals surface area contributed by atoms with Crippen molar-refractivity contribution in [2.45, 2.75) is 84.7 Å². The highest BCUT2D eigenvalue weighted by Crippen LogP contribution is 2.34. The summed E-state index contributed by atoms with van der Waals surface area (Å²) >= 11 is 0. The smallest absolute Gasteiger partial charge is 0.258 e. The Morgan fingerprint density at radius 1 is 1.02 bits per heavy atom. The second kappa shape index (κ2) is 16.8. The number of hydrogen-bond acceptors (Lipinski definition) is 9. The maximum Gasteiger partial charge on any atom is 0.258 e. The van der Waals surface area contributed by atoms with Gasteiger partial charge < -0.3 is 19.5 Å². The number of nitrogens with one attached hydrogen (secondary N) is 3. The summed E-state index contributed by atoms with van der Waals surface area (Å²) in [5.41, 5.74) is 4.07.